The van der Waals surface area contributed by atoms with E-state index in [9.17, 15) is 22.4 Å². The molecule has 0 radical (unpaired) electrons. The highest BCUT2D eigenvalue weighted by molar-refractivity contribution is 5.84. The van der Waals surface area contributed by atoms with Crippen LogP contribution in [0.5, 0.6) is 0 Å². The van der Waals surface area contributed by atoms with Crippen molar-refractivity contribution in [1.82, 2.24) is 0 Å². The van der Waals surface area contributed by atoms with Gasteiger partial charge in [0.2, 0.25) is 0 Å². The lowest BCUT2D eigenvalue weighted by Crippen LogP contribution is -2.23. The molecule has 1 aliphatic carbocycles. The van der Waals surface area contributed by atoms with E-state index in [2.05, 4.69) is 4.74 Å². The SMILES string of the molecule is COCc1c(F)c(F)c(COC(=O)C2(C=C(C)C#N)CC2(C)C)c(F)c1F. The van der Waals surface area contributed by atoms with Crippen molar-refractivity contribution < 1.29 is 31.8 Å². The minimum Gasteiger partial charge on any atom is -0.460 e. The summed E-state index contributed by atoms with van der Waals surface area (Å²) in [6.07, 6.45) is 1.82. The number of nitrogens with zero attached hydrogens (tertiary/aromatic N) is 1. The Kier molecular flexibility index (Phi) is 5.66. The molecule has 1 atom stereocenters. The van der Waals surface area contributed by atoms with E-state index in [0.717, 1.165) is 7.11 Å². The van der Waals surface area contributed by atoms with E-state index in [1.807, 2.05) is 6.07 Å². The fraction of sp³-hybridized carbons (Fsp3) is 0.474. The lowest BCUT2D eigenvalue weighted by Gasteiger charge is -2.17. The van der Waals surface area contributed by atoms with E-state index in [4.69, 9.17) is 10.00 Å². The van der Waals surface area contributed by atoms with Crippen LogP contribution >= 0.6 is 0 Å². The van der Waals surface area contributed by atoms with E-state index in [1.165, 1.54) is 13.0 Å². The second-order valence-corrected chi connectivity index (χ2v) is 7.19. The highest BCUT2D eigenvalue weighted by atomic mass is 19.2. The molecule has 1 aromatic carbocycles. The Balaban J connectivity index is 2.30. The monoisotopic (exact) mass is 385 g/mol. The summed E-state index contributed by atoms with van der Waals surface area (Å²) < 4.78 is 65.7. The number of carbonyl (C=O) groups excluding carboxylic acids is 1. The summed E-state index contributed by atoms with van der Waals surface area (Å²) in [5, 5.41) is 8.93. The van der Waals surface area contributed by atoms with Gasteiger partial charge in [-0.15, -0.1) is 0 Å². The fourth-order valence-electron chi connectivity index (χ4n) is 3.10. The third-order valence-electron chi connectivity index (χ3n) is 4.89. The van der Waals surface area contributed by atoms with E-state index in [-0.39, 0.29) is 5.57 Å². The van der Waals surface area contributed by atoms with Crippen molar-refractivity contribution >= 4 is 5.97 Å². The number of hydrogen-bond donors (Lipinski definition) is 0. The van der Waals surface area contributed by atoms with Crippen molar-refractivity contribution in [3.63, 3.8) is 0 Å². The molecule has 0 heterocycles. The highest BCUT2D eigenvalue weighted by Crippen LogP contribution is 2.65. The van der Waals surface area contributed by atoms with Crippen LogP contribution in [0.1, 0.15) is 38.3 Å². The van der Waals surface area contributed by atoms with Crippen molar-refractivity contribution in [3.8, 4) is 6.07 Å². The number of esters is 1. The van der Waals surface area contributed by atoms with Crippen molar-refractivity contribution in [2.75, 3.05) is 7.11 Å². The Hall–Kier alpha value is -2.40. The smallest absolute Gasteiger partial charge is 0.316 e. The number of allylic oxidation sites excluding steroid dienone is 1. The second kappa shape index (κ2) is 7.31. The number of halogens is 4. The second-order valence-electron chi connectivity index (χ2n) is 7.19. The molecule has 0 N–H and O–H groups in total. The molecule has 0 aliphatic heterocycles. The summed E-state index contributed by atoms with van der Waals surface area (Å²) in [6, 6.07) is 1.90. The van der Waals surface area contributed by atoms with Crippen LogP contribution in [-0.2, 0) is 27.5 Å². The topological polar surface area (TPSA) is 59.3 Å². The molecular weight excluding hydrogens is 366 g/mol. The zero-order chi connectivity index (χ0) is 20.6. The van der Waals surface area contributed by atoms with Gasteiger partial charge in [0, 0.05) is 12.7 Å². The maximum absolute atomic E-state index is 14.1. The minimum atomic E-state index is -1.64. The number of ether oxygens (including phenoxy) is 2. The van der Waals surface area contributed by atoms with Gasteiger partial charge in [0.25, 0.3) is 0 Å². The third kappa shape index (κ3) is 3.56. The maximum atomic E-state index is 14.1. The predicted octanol–water partition coefficient (Wildman–Crippen LogP) is 4.32. The summed E-state index contributed by atoms with van der Waals surface area (Å²) in [5.41, 5.74) is -3.25. The standard InChI is InChI=1S/C19H19F4NO3/c1-10(6-24)5-19(9-18(19,2)3)17(25)27-8-12-15(22)13(20)11(7-26-4)14(21)16(12)23/h5H,7-9H2,1-4H3. The molecular formula is C19H19F4NO3. The van der Waals surface area contributed by atoms with Crippen LogP contribution in [0.4, 0.5) is 17.6 Å². The van der Waals surface area contributed by atoms with Crippen molar-refractivity contribution in [3.05, 3.63) is 46.0 Å². The Morgan fingerprint density at radius 3 is 1.93 bits per heavy atom. The number of rotatable bonds is 6. The van der Waals surface area contributed by atoms with Gasteiger partial charge in [-0.25, -0.2) is 17.6 Å². The first kappa shape index (κ1) is 20.9. The van der Waals surface area contributed by atoms with Gasteiger partial charge >= 0.3 is 5.97 Å². The molecule has 0 bridgehead atoms. The van der Waals surface area contributed by atoms with Crippen LogP contribution in [0.2, 0.25) is 0 Å². The summed E-state index contributed by atoms with van der Waals surface area (Å²) in [6.45, 7) is 3.43. The van der Waals surface area contributed by atoms with E-state index in [1.54, 1.807) is 13.8 Å². The predicted molar refractivity (Wildman–Crippen MR) is 87.0 cm³/mol. The number of methoxy groups -OCH3 is 1. The Morgan fingerprint density at radius 2 is 1.56 bits per heavy atom. The molecule has 1 aromatic rings. The Morgan fingerprint density at radius 1 is 1.11 bits per heavy atom. The average molecular weight is 385 g/mol. The summed E-state index contributed by atoms with van der Waals surface area (Å²) in [4.78, 5) is 12.5. The van der Waals surface area contributed by atoms with Gasteiger partial charge in [-0.05, 0) is 18.8 Å². The fourth-order valence-corrected chi connectivity index (χ4v) is 3.10. The van der Waals surface area contributed by atoms with Gasteiger partial charge in [0.05, 0.1) is 29.2 Å². The summed E-state index contributed by atoms with van der Waals surface area (Å²) in [7, 11) is 1.12. The molecule has 1 saturated carbocycles. The van der Waals surface area contributed by atoms with Crippen molar-refractivity contribution in [2.24, 2.45) is 10.8 Å². The van der Waals surface area contributed by atoms with Crippen LogP contribution in [-0.4, -0.2) is 13.1 Å². The Labute approximate surface area is 154 Å². The normalized spacial score (nSPS) is 20.9. The molecule has 1 aliphatic rings. The zero-order valence-electron chi connectivity index (χ0n) is 15.4. The number of hydrogen-bond acceptors (Lipinski definition) is 4. The first-order chi connectivity index (χ1) is 12.5. The summed E-state index contributed by atoms with van der Waals surface area (Å²) >= 11 is 0. The molecule has 8 heteroatoms. The van der Waals surface area contributed by atoms with E-state index >= 15 is 0 Å². The minimum absolute atomic E-state index is 0.288. The van der Waals surface area contributed by atoms with Crippen LogP contribution in [0.15, 0.2) is 11.6 Å². The molecule has 0 amide bonds. The molecule has 1 unspecified atom stereocenters. The highest BCUT2D eigenvalue weighted by Gasteiger charge is 2.66. The lowest BCUT2D eigenvalue weighted by molar-refractivity contribution is -0.151. The Bertz CT molecular complexity index is 828. The molecule has 27 heavy (non-hydrogen) atoms. The van der Waals surface area contributed by atoms with Gasteiger partial charge < -0.3 is 9.47 Å². The largest absolute Gasteiger partial charge is 0.460 e. The molecule has 2 rings (SSSR count). The molecule has 1 fully saturated rings. The molecule has 0 spiro atoms. The van der Waals surface area contributed by atoms with Gasteiger partial charge in [0.15, 0.2) is 23.3 Å². The maximum Gasteiger partial charge on any atom is 0.316 e. The van der Waals surface area contributed by atoms with Gasteiger partial charge in [-0.3, -0.25) is 4.79 Å². The van der Waals surface area contributed by atoms with Crippen LogP contribution < -0.4 is 0 Å². The number of benzene rings is 1. The molecule has 4 nitrogen and oxygen atoms in total. The molecule has 0 aromatic heterocycles. The average Bonchev–Trinajstić information content (AvgIpc) is 3.18. The van der Waals surface area contributed by atoms with Gasteiger partial charge in [-0.2, -0.15) is 5.26 Å². The molecule has 0 saturated heterocycles. The van der Waals surface area contributed by atoms with Crippen molar-refractivity contribution in [2.45, 2.75) is 40.4 Å². The van der Waals surface area contributed by atoms with E-state index in [0.29, 0.717) is 6.42 Å². The van der Waals surface area contributed by atoms with Crippen LogP contribution in [0.25, 0.3) is 0 Å². The van der Waals surface area contributed by atoms with Crippen LogP contribution in [0.3, 0.4) is 0 Å². The van der Waals surface area contributed by atoms with Gasteiger partial charge in [-0.1, -0.05) is 19.9 Å². The van der Waals surface area contributed by atoms with Crippen LogP contribution in [0, 0.1) is 45.4 Å². The molecule has 146 valence electrons. The third-order valence-corrected chi connectivity index (χ3v) is 4.89. The quantitative estimate of drug-likeness (QED) is 0.317. The van der Waals surface area contributed by atoms with Crippen molar-refractivity contribution in [1.29, 1.82) is 5.26 Å². The zero-order valence-corrected chi connectivity index (χ0v) is 15.4. The van der Waals surface area contributed by atoms with E-state index < -0.39 is 64.4 Å². The number of nitriles is 1. The first-order valence-corrected chi connectivity index (χ1v) is 8.11. The summed E-state index contributed by atoms with van der Waals surface area (Å²) in [5.74, 6) is -7.28. The lowest BCUT2D eigenvalue weighted by atomic mass is 9.93. The van der Waals surface area contributed by atoms with Gasteiger partial charge in [0.1, 0.15) is 6.61 Å². The first-order valence-electron chi connectivity index (χ1n) is 8.11. The number of carbonyl (C=O) groups is 1.